The summed E-state index contributed by atoms with van der Waals surface area (Å²) >= 11 is 6.01. The molecule has 0 aliphatic carbocycles. The molecule has 23 heavy (non-hydrogen) atoms. The molecule has 0 aliphatic rings. The molecule has 0 saturated carbocycles. The first-order valence-corrected chi connectivity index (χ1v) is 7.11. The second-order valence-electron chi connectivity index (χ2n) is 4.82. The number of halogens is 1. The Bertz CT molecular complexity index is 855. The lowest BCUT2D eigenvalue weighted by Gasteiger charge is -2.06. The van der Waals surface area contributed by atoms with Crippen molar-refractivity contribution in [3.05, 3.63) is 69.8 Å². The first-order valence-electron chi connectivity index (χ1n) is 6.73. The number of rotatable bonds is 3. The summed E-state index contributed by atoms with van der Waals surface area (Å²) in [5.41, 5.74) is 2.56. The molecular formula is C18H12ClN3O. The average Bonchev–Trinajstić information content (AvgIpc) is 2.56. The number of nitriles is 2. The SMILES string of the molecule is Cc1ccc(NC(=O)/C(C#N)=C\c2ccc(C#N)cc2)cc1Cl. The fourth-order valence-electron chi connectivity index (χ4n) is 1.84. The van der Waals surface area contributed by atoms with Crippen LogP contribution in [0.25, 0.3) is 6.08 Å². The van der Waals surface area contributed by atoms with Crippen LogP contribution < -0.4 is 5.32 Å². The smallest absolute Gasteiger partial charge is 0.266 e. The van der Waals surface area contributed by atoms with Crippen LogP contribution in [-0.4, -0.2) is 5.91 Å². The van der Waals surface area contributed by atoms with Gasteiger partial charge in [0.15, 0.2) is 0 Å². The summed E-state index contributed by atoms with van der Waals surface area (Å²) in [6.45, 7) is 1.86. The third-order valence-electron chi connectivity index (χ3n) is 3.15. The van der Waals surface area contributed by atoms with Gasteiger partial charge < -0.3 is 5.32 Å². The zero-order valence-corrected chi connectivity index (χ0v) is 13.1. The summed E-state index contributed by atoms with van der Waals surface area (Å²) in [7, 11) is 0. The van der Waals surface area contributed by atoms with Gasteiger partial charge in [-0.2, -0.15) is 10.5 Å². The van der Waals surface area contributed by atoms with E-state index < -0.39 is 5.91 Å². The lowest BCUT2D eigenvalue weighted by Crippen LogP contribution is -2.13. The Morgan fingerprint density at radius 3 is 2.43 bits per heavy atom. The van der Waals surface area contributed by atoms with E-state index >= 15 is 0 Å². The highest BCUT2D eigenvalue weighted by Crippen LogP contribution is 2.20. The first-order chi connectivity index (χ1) is 11.0. The normalized spacial score (nSPS) is 10.5. The highest BCUT2D eigenvalue weighted by Gasteiger charge is 2.10. The van der Waals surface area contributed by atoms with Crippen molar-refractivity contribution in [3.8, 4) is 12.1 Å². The van der Waals surface area contributed by atoms with Gasteiger partial charge >= 0.3 is 0 Å². The topological polar surface area (TPSA) is 76.7 Å². The number of anilines is 1. The van der Waals surface area contributed by atoms with Crippen molar-refractivity contribution in [1.82, 2.24) is 0 Å². The molecule has 2 rings (SSSR count). The zero-order valence-electron chi connectivity index (χ0n) is 12.3. The van der Waals surface area contributed by atoms with Crippen molar-refractivity contribution >= 4 is 29.3 Å². The maximum absolute atomic E-state index is 12.2. The molecule has 0 heterocycles. The van der Waals surface area contributed by atoms with Crippen molar-refractivity contribution < 1.29 is 4.79 Å². The number of nitrogens with zero attached hydrogens (tertiary/aromatic N) is 2. The fourth-order valence-corrected chi connectivity index (χ4v) is 2.02. The van der Waals surface area contributed by atoms with Crippen LogP contribution in [-0.2, 0) is 4.79 Å². The number of carbonyl (C=O) groups excluding carboxylic acids is 1. The Kier molecular flexibility index (Phi) is 5.15. The molecule has 0 atom stereocenters. The number of benzene rings is 2. The first kappa shape index (κ1) is 16.3. The van der Waals surface area contributed by atoms with Crippen molar-refractivity contribution in [2.75, 3.05) is 5.32 Å². The van der Waals surface area contributed by atoms with Crippen LogP contribution in [0.1, 0.15) is 16.7 Å². The summed E-state index contributed by atoms with van der Waals surface area (Å²) < 4.78 is 0. The molecule has 0 bridgehead atoms. The van der Waals surface area contributed by atoms with Gasteiger partial charge in [0.1, 0.15) is 11.6 Å². The molecule has 0 aliphatic heterocycles. The number of hydrogen-bond acceptors (Lipinski definition) is 3. The summed E-state index contributed by atoms with van der Waals surface area (Å²) in [5, 5.41) is 21.1. The molecule has 0 saturated heterocycles. The number of carbonyl (C=O) groups is 1. The summed E-state index contributed by atoms with van der Waals surface area (Å²) in [5.74, 6) is -0.517. The van der Waals surface area contributed by atoms with E-state index in [1.807, 2.05) is 19.1 Å². The molecule has 112 valence electrons. The molecule has 1 amide bonds. The number of nitrogens with one attached hydrogen (secondary N) is 1. The zero-order chi connectivity index (χ0) is 16.8. The van der Waals surface area contributed by atoms with Crippen molar-refractivity contribution in [2.24, 2.45) is 0 Å². The number of aryl methyl sites for hydroxylation is 1. The minimum atomic E-state index is -0.517. The van der Waals surface area contributed by atoms with Gasteiger partial charge in [-0.05, 0) is 48.4 Å². The molecule has 1 N–H and O–H groups in total. The van der Waals surface area contributed by atoms with Crippen LogP contribution in [0.3, 0.4) is 0 Å². The van der Waals surface area contributed by atoms with Gasteiger partial charge in [0.05, 0.1) is 11.6 Å². The molecule has 0 spiro atoms. The highest BCUT2D eigenvalue weighted by atomic mass is 35.5. The van der Waals surface area contributed by atoms with Crippen molar-refractivity contribution in [3.63, 3.8) is 0 Å². The Balaban J connectivity index is 2.20. The van der Waals surface area contributed by atoms with E-state index in [1.165, 1.54) is 6.08 Å². The predicted octanol–water partition coefficient (Wildman–Crippen LogP) is 4.07. The van der Waals surface area contributed by atoms with Gasteiger partial charge in [-0.25, -0.2) is 0 Å². The predicted molar refractivity (Wildman–Crippen MR) is 89.6 cm³/mol. The van der Waals surface area contributed by atoms with Crippen LogP contribution in [0.5, 0.6) is 0 Å². The van der Waals surface area contributed by atoms with Gasteiger partial charge in [-0.1, -0.05) is 29.8 Å². The third-order valence-corrected chi connectivity index (χ3v) is 3.55. The quantitative estimate of drug-likeness (QED) is 0.684. The summed E-state index contributed by atoms with van der Waals surface area (Å²) in [6, 6.07) is 15.6. The Morgan fingerprint density at radius 2 is 1.87 bits per heavy atom. The van der Waals surface area contributed by atoms with Crippen LogP contribution >= 0.6 is 11.6 Å². The molecular weight excluding hydrogens is 310 g/mol. The Hall–Kier alpha value is -3.08. The largest absolute Gasteiger partial charge is 0.321 e. The number of amides is 1. The summed E-state index contributed by atoms with van der Waals surface area (Å²) in [4.78, 5) is 12.2. The molecule has 0 unspecified atom stereocenters. The van der Waals surface area contributed by atoms with Crippen molar-refractivity contribution in [1.29, 1.82) is 10.5 Å². The Morgan fingerprint density at radius 1 is 1.17 bits per heavy atom. The van der Waals surface area contributed by atoms with E-state index in [0.29, 0.717) is 21.8 Å². The van der Waals surface area contributed by atoms with Gasteiger partial charge in [-0.3, -0.25) is 4.79 Å². The lowest BCUT2D eigenvalue weighted by molar-refractivity contribution is -0.112. The van der Waals surface area contributed by atoms with Gasteiger partial charge in [0.2, 0.25) is 0 Å². The van der Waals surface area contributed by atoms with E-state index in [0.717, 1.165) is 5.56 Å². The standard InChI is InChI=1S/C18H12ClN3O/c1-12-2-7-16(9-17(12)19)22-18(23)15(11-21)8-13-3-5-14(10-20)6-4-13/h2-9H,1H3,(H,22,23)/b15-8-. The molecule has 0 fully saturated rings. The molecule has 0 aromatic heterocycles. The van der Waals surface area contributed by atoms with Crippen LogP contribution in [0.2, 0.25) is 5.02 Å². The minimum Gasteiger partial charge on any atom is -0.321 e. The molecule has 2 aromatic rings. The van der Waals surface area contributed by atoms with Gasteiger partial charge in [0, 0.05) is 10.7 Å². The molecule has 2 aromatic carbocycles. The number of hydrogen-bond donors (Lipinski definition) is 1. The van der Waals surface area contributed by atoms with Crippen molar-refractivity contribution in [2.45, 2.75) is 6.92 Å². The van der Waals surface area contributed by atoms with E-state index in [2.05, 4.69) is 5.32 Å². The van der Waals surface area contributed by atoms with E-state index in [-0.39, 0.29) is 5.57 Å². The fraction of sp³-hybridized carbons (Fsp3) is 0.0556. The molecule has 0 radical (unpaired) electrons. The minimum absolute atomic E-state index is 0.0357. The maximum atomic E-state index is 12.2. The monoisotopic (exact) mass is 321 g/mol. The highest BCUT2D eigenvalue weighted by molar-refractivity contribution is 6.31. The maximum Gasteiger partial charge on any atom is 0.266 e. The second-order valence-corrected chi connectivity index (χ2v) is 5.23. The third kappa shape index (κ3) is 4.20. The van der Waals surface area contributed by atoms with Gasteiger partial charge in [0.25, 0.3) is 5.91 Å². The lowest BCUT2D eigenvalue weighted by atomic mass is 10.1. The Labute approximate surface area is 139 Å². The molecule has 4 nitrogen and oxygen atoms in total. The van der Waals surface area contributed by atoms with E-state index in [4.69, 9.17) is 16.9 Å². The molecule has 5 heteroatoms. The second kappa shape index (κ2) is 7.26. The van der Waals surface area contributed by atoms with E-state index in [1.54, 1.807) is 42.5 Å². The van der Waals surface area contributed by atoms with Crippen LogP contribution in [0.15, 0.2) is 48.0 Å². The van der Waals surface area contributed by atoms with Crippen LogP contribution in [0, 0.1) is 29.6 Å². The van der Waals surface area contributed by atoms with Crippen LogP contribution in [0.4, 0.5) is 5.69 Å². The average molecular weight is 322 g/mol. The van der Waals surface area contributed by atoms with Gasteiger partial charge in [-0.15, -0.1) is 0 Å². The van der Waals surface area contributed by atoms with E-state index in [9.17, 15) is 10.1 Å². The summed E-state index contributed by atoms with van der Waals surface area (Å²) in [6.07, 6.45) is 1.46.